The van der Waals surface area contributed by atoms with Gasteiger partial charge in [0.1, 0.15) is 0 Å². The molecule has 0 bridgehead atoms. The van der Waals surface area contributed by atoms with Crippen molar-refractivity contribution >= 4 is 23.4 Å². The quantitative estimate of drug-likeness (QED) is 0.796. The Kier molecular flexibility index (Phi) is 5.06. The number of aromatic nitrogens is 2. The Labute approximate surface area is 145 Å². The summed E-state index contributed by atoms with van der Waals surface area (Å²) in [5.41, 5.74) is 1.61. The minimum atomic E-state index is -0.274. The van der Waals surface area contributed by atoms with Crippen molar-refractivity contribution in [3.63, 3.8) is 0 Å². The van der Waals surface area contributed by atoms with Crippen molar-refractivity contribution in [3.8, 4) is 5.69 Å². The summed E-state index contributed by atoms with van der Waals surface area (Å²) in [5.74, 6) is 0.503. The van der Waals surface area contributed by atoms with E-state index in [0.717, 1.165) is 36.9 Å². The van der Waals surface area contributed by atoms with Crippen LogP contribution in [0.5, 0.6) is 0 Å². The molecule has 0 saturated heterocycles. The fourth-order valence-electron chi connectivity index (χ4n) is 2.89. The van der Waals surface area contributed by atoms with Gasteiger partial charge in [0, 0.05) is 17.8 Å². The van der Waals surface area contributed by atoms with Gasteiger partial charge in [0.05, 0.1) is 16.8 Å². The number of anilines is 1. The molecule has 1 aliphatic rings. The molecule has 0 aliphatic heterocycles. The molecule has 1 aromatic carbocycles. The van der Waals surface area contributed by atoms with Gasteiger partial charge in [-0.15, -0.1) is 5.10 Å². The first-order chi connectivity index (χ1) is 11.5. The van der Waals surface area contributed by atoms with Crippen LogP contribution in [0.15, 0.2) is 30.5 Å². The van der Waals surface area contributed by atoms with Gasteiger partial charge in [0.15, 0.2) is 5.82 Å². The molecule has 0 radical (unpaired) electrons. The average Bonchev–Trinajstić information content (AvgIpc) is 2.90. The number of amides is 2. The summed E-state index contributed by atoms with van der Waals surface area (Å²) in [6.45, 7) is 1.88. The van der Waals surface area contributed by atoms with Crippen LogP contribution in [0.1, 0.15) is 31.2 Å². The summed E-state index contributed by atoms with van der Waals surface area (Å²) in [4.78, 5) is 12.2. The zero-order chi connectivity index (χ0) is 17.1. The molecule has 1 fully saturated rings. The van der Waals surface area contributed by atoms with Gasteiger partial charge >= 0.3 is 6.03 Å². The number of hydrogen-bond donors (Lipinski definition) is 3. The molecular formula is C17H21ClN4O2. The van der Waals surface area contributed by atoms with Crippen LogP contribution in [-0.2, 0) is 0 Å². The Balaban J connectivity index is 1.65. The van der Waals surface area contributed by atoms with Gasteiger partial charge in [-0.25, -0.2) is 9.48 Å². The van der Waals surface area contributed by atoms with Gasteiger partial charge < -0.3 is 10.4 Å². The molecule has 128 valence electrons. The van der Waals surface area contributed by atoms with E-state index in [1.54, 1.807) is 10.7 Å². The van der Waals surface area contributed by atoms with E-state index in [9.17, 15) is 9.90 Å². The lowest BCUT2D eigenvalue weighted by Gasteiger charge is -2.26. The van der Waals surface area contributed by atoms with Crippen molar-refractivity contribution in [2.24, 2.45) is 0 Å². The van der Waals surface area contributed by atoms with Gasteiger partial charge in [-0.05, 0) is 44.7 Å². The highest BCUT2D eigenvalue weighted by Crippen LogP contribution is 2.22. The number of halogens is 1. The monoisotopic (exact) mass is 348 g/mol. The van der Waals surface area contributed by atoms with Crippen LogP contribution in [0.25, 0.3) is 5.69 Å². The van der Waals surface area contributed by atoms with E-state index in [4.69, 9.17) is 11.6 Å². The van der Waals surface area contributed by atoms with E-state index < -0.39 is 0 Å². The first-order valence-electron chi connectivity index (χ1n) is 8.09. The average molecular weight is 349 g/mol. The lowest BCUT2D eigenvalue weighted by molar-refractivity contribution is 0.118. The Morgan fingerprint density at radius 2 is 2.00 bits per heavy atom. The SMILES string of the molecule is Cc1cn(-c2ccccc2Cl)nc1NC(=O)NC1CCC(O)CC1. The Hall–Kier alpha value is -2.05. The lowest BCUT2D eigenvalue weighted by Crippen LogP contribution is -2.41. The molecule has 1 aliphatic carbocycles. The first-order valence-corrected chi connectivity index (χ1v) is 8.47. The highest BCUT2D eigenvalue weighted by molar-refractivity contribution is 6.32. The second kappa shape index (κ2) is 7.23. The highest BCUT2D eigenvalue weighted by atomic mass is 35.5. The van der Waals surface area contributed by atoms with Gasteiger partial charge in [-0.3, -0.25) is 5.32 Å². The summed E-state index contributed by atoms with van der Waals surface area (Å²) >= 11 is 6.19. The van der Waals surface area contributed by atoms with Crippen LogP contribution in [-0.4, -0.2) is 33.1 Å². The summed E-state index contributed by atoms with van der Waals surface area (Å²) in [6.07, 6.45) is 4.63. The number of nitrogens with zero attached hydrogens (tertiary/aromatic N) is 2. The van der Waals surface area contributed by atoms with Crippen LogP contribution < -0.4 is 10.6 Å². The maximum Gasteiger partial charge on any atom is 0.320 e. The fourth-order valence-corrected chi connectivity index (χ4v) is 3.12. The molecule has 0 atom stereocenters. The number of carbonyl (C=O) groups is 1. The molecule has 1 saturated carbocycles. The molecule has 7 heteroatoms. The number of urea groups is 1. The maximum atomic E-state index is 12.2. The smallest absolute Gasteiger partial charge is 0.320 e. The zero-order valence-electron chi connectivity index (χ0n) is 13.5. The van der Waals surface area contributed by atoms with Crippen molar-refractivity contribution in [2.75, 3.05) is 5.32 Å². The maximum absolute atomic E-state index is 12.2. The van der Waals surface area contributed by atoms with Crippen LogP contribution in [0.3, 0.4) is 0 Å². The van der Waals surface area contributed by atoms with Crippen LogP contribution >= 0.6 is 11.6 Å². The predicted molar refractivity (Wildman–Crippen MR) is 93.7 cm³/mol. The standard InChI is InChI=1S/C17H21ClN4O2/c1-11-10-22(15-5-3-2-4-14(15)18)21-16(11)20-17(24)19-12-6-8-13(23)9-7-12/h2-5,10,12-13,23H,6-9H2,1H3,(H2,19,20,21,24). The number of benzene rings is 1. The molecule has 0 spiro atoms. The Bertz CT molecular complexity index is 723. The third kappa shape index (κ3) is 3.88. The number of aliphatic hydroxyl groups excluding tert-OH is 1. The minimum absolute atomic E-state index is 0.0966. The van der Waals surface area contributed by atoms with E-state index in [-0.39, 0.29) is 18.2 Å². The van der Waals surface area contributed by atoms with Gasteiger partial charge in [-0.2, -0.15) is 0 Å². The molecule has 24 heavy (non-hydrogen) atoms. The van der Waals surface area contributed by atoms with Crippen LogP contribution in [0, 0.1) is 6.92 Å². The topological polar surface area (TPSA) is 79.2 Å². The zero-order valence-corrected chi connectivity index (χ0v) is 14.3. The molecular weight excluding hydrogens is 328 g/mol. The molecule has 1 heterocycles. The van der Waals surface area contributed by atoms with E-state index in [0.29, 0.717) is 10.8 Å². The van der Waals surface area contributed by atoms with Crippen molar-refractivity contribution in [1.29, 1.82) is 0 Å². The van der Waals surface area contributed by atoms with E-state index in [1.165, 1.54) is 0 Å². The van der Waals surface area contributed by atoms with E-state index in [2.05, 4.69) is 15.7 Å². The number of hydrogen-bond acceptors (Lipinski definition) is 3. The number of carbonyl (C=O) groups excluding carboxylic acids is 1. The number of nitrogens with one attached hydrogen (secondary N) is 2. The molecule has 3 rings (SSSR count). The number of rotatable bonds is 3. The molecule has 3 N–H and O–H groups in total. The number of aliphatic hydroxyl groups is 1. The van der Waals surface area contributed by atoms with Gasteiger partial charge in [-0.1, -0.05) is 23.7 Å². The van der Waals surface area contributed by atoms with Crippen molar-refractivity contribution in [2.45, 2.75) is 44.8 Å². The lowest BCUT2D eigenvalue weighted by atomic mass is 9.93. The van der Waals surface area contributed by atoms with Crippen LogP contribution in [0.4, 0.5) is 10.6 Å². The second-order valence-electron chi connectivity index (χ2n) is 6.16. The minimum Gasteiger partial charge on any atom is -0.393 e. The third-order valence-electron chi connectivity index (χ3n) is 4.26. The highest BCUT2D eigenvalue weighted by Gasteiger charge is 2.21. The number of para-hydroxylation sites is 1. The summed E-state index contributed by atoms with van der Waals surface area (Å²) < 4.78 is 1.66. The van der Waals surface area contributed by atoms with Crippen molar-refractivity contribution in [3.05, 3.63) is 41.0 Å². The summed E-state index contributed by atoms with van der Waals surface area (Å²) in [7, 11) is 0. The largest absolute Gasteiger partial charge is 0.393 e. The molecule has 6 nitrogen and oxygen atoms in total. The normalized spacial score (nSPS) is 20.6. The molecule has 2 aromatic rings. The third-order valence-corrected chi connectivity index (χ3v) is 4.58. The predicted octanol–water partition coefficient (Wildman–Crippen LogP) is 3.26. The van der Waals surface area contributed by atoms with Crippen LogP contribution in [0.2, 0.25) is 5.02 Å². The summed E-state index contributed by atoms with van der Waals surface area (Å²) in [5, 5.41) is 20.2. The van der Waals surface area contributed by atoms with Gasteiger partial charge in [0.2, 0.25) is 0 Å². The van der Waals surface area contributed by atoms with Gasteiger partial charge in [0.25, 0.3) is 0 Å². The molecule has 2 amide bonds. The Morgan fingerprint density at radius 1 is 1.29 bits per heavy atom. The molecule has 1 aromatic heterocycles. The first kappa shape index (κ1) is 16.8. The van der Waals surface area contributed by atoms with E-state index in [1.807, 2.05) is 31.3 Å². The fraction of sp³-hybridized carbons (Fsp3) is 0.412. The van der Waals surface area contributed by atoms with E-state index >= 15 is 0 Å². The van der Waals surface area contributed by atoms with Crippen molar-refractivity contribution < 1.29 is 9.90 Å². The summed E-state index contributed by atoms with van der Waals surface area (Å²) in [6, 6.07) is 7.23. The number of aryl methyl sites for hydroxylation is 1. The second-order valence-corrected chi connectivity index (χ2v) is 6.57. The molecule has 0 unspecified atom stereocenters. The van der Waals surface area contributed by atoms with Crippen molar-refractivity contribution in [1.82, 2.24) is 15.1 Å². The Morgan fingerprint density at radius 3 is 2.71 bits per heavy atom.